The van der Waals surface area contributed by atoms with E-state index < -0.39 is 0 Å². The van der Waals surface area contributed by atoms with Crippen LogP contribution < -0.4 is 5.73 Å². The fraction of sp³-hybridized carbons (Fsp3) is 0.333. The molecular formula is C12H14N4O. The SMILES string of the molecule is Nc1nc2n(n1)CCCC2c1ccccc1O. The minimum atomic E-state index is 0.0924. The Hall–Kier alpha value is -2.04. The monoisotopic (exact) mass is 230 g/mol. The molecule has 0 radical (unpaired) electrons. The zero-order chi connectivity index (χ0) is 11.8. The van der Waals surface area contributed by atoms with Crippen LogP contribution in [0.2, 0.25) is 0 Å². The van der Waals surface area contributed by atoms with Crippen molar-refractivity contribution >= 4 is 5.95 Å². The van der Waals surface area contributed by atoms with E-state index in [1.54, 1.807) is 6.07 Å². The number of nitrogen functional groups attached to an aromatic ring is 1. The summed E-state index contributed by atoms with van der Waals surface area (Å²) in [5, 5.41) is 14.1. The van der Waals surface area contributed by atoms with Gasteiger partial charge in [0.2, 0.25) is 5.95 Å². The lowest BCUT2D eigenvalue weighted by Gasteiger charge is -2.22. The summed E-state index contributed by atoms with van der Waals surface area (Å²) in [6, 6.07) is 7.38. The highest BCUT2D eigenvalue weighted by Crippen LogP contribution is 2.36. The maximum absolute atomic E-state index is 9.91. The lowest BCUT2D eigenvalue weighted by molar-refractivity contribution is 0.423. The Kier molecular flexibility index (Phi) is 2.24. The number of aromatic hydroxyl groups is 1. The minimum absolute atomic E-state index is 0.0924. The third kappa shape index (κ3) is 1.63. The molecule has 1 aromatic heterocycles. The van der Waals surface area contributed by atoms with Crippen LogP contribution in [0.3, 0.4) is 0 Å². The zero-order valence-corrected chi connectivity index (χ0v) is 9.37. The molecule has 3 N–H and O–H groups in total. The van der Waals surface area contributed by atoms with E-state index in [0.717, 1.165) is 30.8 Å². The minimum Gasteiger partial charge on any atom is -0.508 e. The smallest absolute Gasteiger partial charge is 0.239 e. The third-order valence-electron chi connectivity index (χ3n) is 3.20. The second-order valence-electron chi connectivity index (χ2n) is 4.30. The molecule has 0 bridgehead atoms. The van der Waals surface area contributed by atoms with Gasteiger partial charge in [-0.15, -0.1) is 5.10 Å². The number of para-hydroxylation sites is 1. The van der Waals surface area contributed by atoms with Crippen LogP contribution in [0.15, 0.2) is 24.3 Å². The number of phenolic OH excluding ortho intramolecular Hbond substituents is 1. The predicted octanol–water partition coefficient (Wildman–Crippen LogP) is 1.49. The molecule has 1 aliphatic heterocycles. The average molecular weight is 230 g/mol. The summed E-state index contributed by atoms with van der Waals surface area (Å²) in [6.07, 6.45) is 1.99. The van der Waals surface area contributed by atoms with E-state index in [9.17, 15) is 5.11 Å². The van der Waals surface area contributed by atoms with Gasteiger partial charge in [0.05, 0.1) is 0 Å². The van der Waals surface area contributed by atoms with Gasteiger partial charge in [0, 0.05) is 18.0 Å². The third-order valence-corrected chi connectivity index (χ3v) is 3.20. The molecule has 0 saturated carbocycles. The van der Waals surface area contributed by atoms with Gasteiger partial charge in [0.1, 0.15) is 11.6 Å². The maximum atomic E-state index is 9.91. The predicted molar refractivity (Wildman–Crippen MR) is 63.6 cm³/mol. The van der Waals surface area contributed by atoms with Crippen molar-refractivity contribution in [2.24, 2.45) is 0 Å². The highest BCUT2D eigenvalue weighted by molar-refractivity contribution is 5.39. The van der Waals surface area contributed by atoms with Crippen molar-refractivity contribution in [1.82, 2.24) is 14.8 Å². The van der Waals surface area contributed by atoms with Gasteiger partial charge in [-0.25, -0.2) is 4.68 Å². The molecule has 0 amide bonds. The molecule has 0 spiro atoms. The summed E-state index contributed by atoms with van der Waals surface area (Å²) in [5.41, 5.74) is 6.53. The zero-order valence-electron chi connectivity index (χ0n) is 9.37. The van der Waals surface area contributed by atoms with Crippen LogP contribution in [0.4, 0.5) is 5.95 Å². The number of phenols is 1. The summed E-state index contributed by atoms with van der Waals surface area (Å²) in [4.78, 5) is 4.27. The van der Waals surface area contributed by atoms with Crippen LogP contribution in [0, 0.1) is 0 Å². The molecule has 2 heterocycles. The summed E-state index contributed by atoms with van der Waals surface area (Å²) in [6.45, 7) is 0.851. The Labute approximate surface area is 98.9 Å². The van der Waals surface area contributed by atoms with Crippen molar-refractivity contribution in [3.8, 4) is 5.75 Å². The lowest BCUT2D eigenvalue weighted by atomic mass is 9.90. The maximum Gasteiger partial charge on any atom is 0.239 e. The molecule has 17 heavy (non-hydrogen) atoms. The van der Waals surface area contributed by atoms with E-state index in [-0.39, 0.29) is 5.92 Å². The van der Waals surface area contributed by atoms with Crippen LogP contribution in [0.5, 0.6) is 5.75 Å². The van der Waals surface area contributed by atoms with Crippen molar-refractivity contribution < 1.29 is 5.11 Å². The molecule has 88 valence electrons. The first-order chi connectivity index (χ1) is 8.25. The number of rotatable bonds is 1. The van der Waals surface area contributed by atoms with Gasteiger partial charge >= 0.3 is 0 Å². The highest BCUT2D eigenvalue weighted by atomic mass is 16.3. The largest absolute Gasteiger partial charge is 0.508 e. The van der Waals surface area contributed by atoms with Crippen LogP contribution in [-0.2, 0) is 6.54 Å². The summed E-state index contributed by atoms with van der Waals surface area (Å²) in [5.74, 6) is 1.57. The van der Waals surface area contributed by atoms with Crippen molar-refractivity contribution in [3.05, 3.63) is 35.7 Å². The van der Waals surface area contributed by atoms with Gasteiger partial charge in [-0.05, 0) is 18.9 Å². The Morgan fingerprint density at radius 3 is 3.00 bits per heavy atom. The van der Waals surface area contributed by atoms with E-state index in [1.165, 1.54) is 0 Å². The molecule has 0 saturated heterocycles. The Morgan fingerprint density at radius 1 is 1.35 bits per heavy atom. The van der Waals surface area contributed by atoms with Crippen molar-refractivity contribution in [3.63, 3.8) is 0 Å². The molecule has 5 nitrogen and oxygen atoms in total. The van der Waals surface area contributed by atoms with E-state index in [4.69, 9.17) is 5.73 Å². The molecule has 5 heteroatoms. The van der Waals surface area contributed by atoms with Crippen LogP contribution >= 0.6 is 0 Å². The summed E-state index contributed by atoms with van der Waals surface area (Å²) >= 11 is 0. The number of benzene rings is 1. The summed E-state index contributed by atoms with van der Waals surface area (Å²) < 4.78 is 1.84. The molecule has 1 atom stereocenters. The molecule has 1 aromatic carbocycles. The van der Waals surface area contributed by atoms with Crippen LogP contribution in [-0.4, -0.2) is 19.9 Å². The second kappa shape index (κ2) is 3.76. The number of aryl methyl sites for hydroxylation is 1. The molecule has 1 aliphatic rings. The Bertz CT molecular complexity index is 549. The second-order valence-corrected chi connectivity index (χ2v) is 4.30. The van der Waals surface area contributed by atoms with Crippen molar-refractivity contribution in [1.29, 1.82) is 0 Å². The van der Waals surface area contributed by atoms with Crippen molar-refractivity contribution in [2.45, 2.75) is 25.3 Å². The van der Waals surface area contributed by atoms with Gasteiger partial charge in [0.15, 0.2) is 0 Å². The normalized spacial score (nSPS) is 18.9. The molecule has 3 rings (SSSR count). The van der Waals surface area contributed by atoms with Crippen molar-refractivity contribution in [2.75, 3.05) is 5.73 Å². The van der Waals surface area contributed by atoms with Crippen LogP contribution in [0.25, 0.3) is 0 Å². The molecule has 0 aliphatic carbocycles. The fourth-order valence-corrected chi connectivity index (χ4v) is 2.45. The molecule has 0 fully saturated rings. The standard InChI is InChI=1S/C12H14N4O/c13-12-14-11-9(5-3-7-16(11)15-12)8-4-1-2-6-10(8)17/h1-2,4,6,9,17H,3,5,7H2,(H2,13,15). The fourth-order valence-electron chi connectivity index (χ4n) is 2.45. The number of nitrogens with zero attached hydrogens (tertiary/aromatic N) is 3. The number of nitrogens with two attached hydrogens (primary N) is 1. The van der Waals surface area contributed by atoms with Gasteiger partial charge in [-0.1, -0.05) is 18.2 Å². The molecule has 1 unspecified atom stereocenters. The summed E-state index contributed by atoms with van der Waals surface area (Å²) in [7, 11) is 0. The van der Waals surface area contributed by atoms with Gasteiger partial charge < -0.3 is 10.8 Å². The van der Waals surface area contributed by atoms with E-state index in [1.807, 2.05) is 22.9 Å². The van der Waals surface area contributed by atoms with Gasteiger partial charge in [-0.3, -0.25) is 0 Å². The van der Waals surface area contributed by atoms with E-state index in [2.05, 4.69) is 10.1 Å². The molecule has 2 aromatic rings. The average Bonchev–Trinajstić information content (AvgIpc) is 2.70. The van der Waals surface area contributed by atoms with E-state index >= 15 is 0 Å². The number of hydrogen-bond acceptors (Lipinski definition) is 4. The quantitative estimate of drug-likeness (QED) is 0.778. The Balaban J connectivity index is 2.09. The number of hydrogen-bond donors (Lipinski definition) is 2. The number of fused-ring (bicyclic) bond motifs is 1. The van der Waals surface area contributed by atoms with E-state index in [0.29, 0.717) is 11.7 Å². The van der Waals surface area contributed by atoms with Crippen LogP contribution in [0.1, 0.15) is 30.1 Å². The first kappa shape index (κ1) is 10.1. The first-order valence-electron chi connectivity index (χ1n) is 5.74. The van der Waals surface area contributed by atoms with Gasteiger partial charge in [0.25, 0.3) is 0 Å². The Morgan fingerprint density at radius 2 is 2.18 bits per heavy atom. The number of aromatic nitrogens is 3. The lowest BCUT2D eigenvalue weighted by Crippen LogP contribution is -2.18. The number of anilines is 1. The first-order valence-corrected chi connectivity index (χ1v) is 5.74. The highest BCUT2D eigenvalue weighted by Gasteiger charge is 2.26. The van der Waals surface area contributed by atoms with Gasteiger partial charge in [-0.2, -0.15) is 4.98 Å². The topological polar surface area (TPSA) is 77.0 Å². The molecular weight excluding hydrogens is 216 g/mol.